The number of carbonyl (C=O) groups excluding carboxylic acids is 1. The van der Waals surface area contributed by atoms with Crippen molar-refractivity contribution in [3.05, 3.63) is 24.3 Å². The van der Waals surface area contributed by atoms with E-state index in [0.29, 0.717) is 19.3 Å². The van der Waals surface area contributed by atoms with E-state index < -0.39 is 36.9 Å². The Labute approximate surface area is 361 Å². The lowest BCUT2D eigenvalue weighted by molar-refractivity contribution is -0.132. The van der Waals surface area contributed by atoms with Crippen LogP contribution in [0.2, 0.25) is 0 Å². The van der Waals surface area contributed by atoms with E-state index >= 15 is 0 Å². The zero-order chi connectivity index (χ0) is 42.4. The Balaban J connectivity index is 3.46. The molecule has 344 valence electrons. The lowest BCUT2D eigenvalue weighted by Gasteiger charge is -2.27. The highest BCUT2D eigenvalue weighted by molar-refractivity contribution is 5.80. The number of hydrogen-bond donors (Lipinski definition) is 5. The average molecular weight is 820 g/mol. The van der Waals surface area contributed by atoms with Gasteiger partial charge in [0.1, 0.15) is 12.2 Å². The van der Waals surface area contributed by atoms with E-state index in [4.69, 9.17) is 0 Å². The van der Waals surface area contributed by atoms with Crippen molar-refractivity contribution >= 4 is 5.91 Å². The molecular formula is C52H101NO5. The van der Waals surface area contributed by atoms with E-state index in [0.717, 1.165) is 38.5 Å². The predicted octanol–water partition coefficient (Wildman–Crippen LogP) is 14.3. The molecule has 4 atom stereocenters. The first-order valence-corrected chi connectivity index (χ1v) is 25.7. The maximum atomic E-state index is 12.5. The monoisotopic (exact) mass is 820 g/mol. The first kappa shape index (κ1) is 56.8. The van der Waals surface area contributed by atoms with Gasteiger partial charge in [-0.3, -0.25) is 4.79 Å². The first-order chi connectivity index (χ1) is 28.5. The molecule has 4 unspecified atom stereocenters. The fourth-order valence-corrected chi connectivity index (χ4v) is 8.20. The Kier molecular flexibility index (Phi) is 45.9. The average Bonchev–Trinajstić information content (AvgIpc) is 3.23. The molecule has 0 aliphatic rings. The molecule has 0 spiro atoms. The quantitative estimate of drug-likeness (QED) is 0.0310. The standard InChI is InChI=1S/C52H101NO5/c1-3-5-7-9-11-13-14-15-16-17-18-19-20-21-22-23-24-25-26-27-28-29-30-31-32-33-34-35-36-37-38-40-42-44-46-50(56)52(58)53-48(47-54)51(57)49(55)45-43-41-39-12-10-8-6-4-2/h4,6,12,39,48-51,54-57H,3,5,7-11,13-38,40-47H2,1-2H3,(H,53,58)/b6-4+,39-12+. The summed E-state index contributed by atoms with van der Waals surface area (Å²) >= 11 is 0. The molecule has 6 nitrogen and oxygen atoms in total. The summed E-state index contributed by atoms with van der Waals surface area (Å²) in [5.41, 5.74) is 0. The summed E-state index contributed by atoms with van der Waals surface area (Å²) in [6, 6.07) is -1.00. The SMILES string of the molecule is C/C=C/CC/C=C/CCCC(O)C(O)C(CO)NC(=O)C(O)CCCCCCCCCCCCCCCCCCCCCCCCCCCCCCCCCCCC. The van der Waals surface area contributed by atoms with Crippen LogP contribution in [0.15, 0.2) is 24.3 Å². The molecule has 1 amide bonds. The van der Waals surface area contributed by atoms with Gasteiger partial charge in [0, 0.05) is 0 Å². The molecule has 58 heavy (non-hydrogen) atoms. The molecule has 5 N–H and O–H groups in total. The van der Waals surface area contributed by atoms with E-state index in [1.807, 2.05) is 13.0 Å². The molecule has 0 aliphatic carbocycles. The first-order valence-electron chi connectivity index (χ1n) is 25.7. The lowest BCUT2D eigenvalue weighted by atomic mass is 10.00. The molecule has 0 bridgehead atoms. The van der Waals surface area contributed by atoms with Crippen LogP contribution in [0.3, 0.4) is 0 Å². The summed E-state index contributed by atoms with van der Waals surface area (Å²) in [4.78, 5) is 12.5. The van der Waals surface area contributed by atoms with Gasteiger partial charge in [-0.25, -0.2) is 0 Å². The van der Waals surface area contributed by atoms with E-state index in [1.54, 1.807) is 0 Å². The van der Waals surface area contributed by atoms with Gasteiger partial charge in [0.05, 0.1) is 18.8 Å². The van der Waals surface area contributed by atoms with E-state index in [2.05, 4.69) is 30.5 Å². The largest absolute Gasteiger partial charge is 0.394 e. The molecule has 0 aromatic heterocycles. The number of nitrogens with one attached hydrogen (secondary N) is 1. The van der Waals surface area contributed by atoms with Crippen LogP contribution in [0.4, 0.5) is 0 Å². The van der Waals surface area contributed by atoms with Gasteiger partial charge in [0.2, 0.25) is 5.91 Å². The van der Waals surface area contributed by atoms with Crippen LogP contribution >= 0.6 is 0 Å². The third kappa shape index (κ3) is 40.2. The minimum Gasteiger partial charge on any atom is -0.394 e. The van der Waals surface area contributed by atoms with Crippen molar-refractivity contribution in [2.24, 2.45) is 0 Å². The van der Waals surface area contributed by atoms with Gasteiger partial charge in [-0.15, -0.1) is 0 Å². The van der Waals surface area contributed by atoms with Crippen molar-refractivity contribution in [3.63, 3.8) is 0 Å². The van der Waals surface area contributed by atoms with Crippen LogP contribution in [-0.4, -0.2) is 57.3 Å². The number of unbranched alkanes of at least 4 members (excludes halogenated alkanes) is 35. The van der Waals surface area contributed by atoms with Crippen LogP contribution in [-0.2, 0) is 4.79 Å². The Morgan fingerprint density at radius 3 is 1.12 bits per heavy atom. The molecule has 0 rings (SSSR count). The highest BCUT2D eigenvalue weighted by Gasteiger charge is 2.28. The number of aliphatic hydroxyl groups excluding tert-OH is 4. The molecule has 6 heteroatoms. The van der Waals surface area contributed by atoms with Gasteiger partial charge in [-0.1, -0.05) is 250 Å². The van der Waals surface area contributed by atoms with Gasteiger partial charge in [-0.05, 0) is 45.4 Å². The minimum atomic E-state index is -1.28. The molecule has 0 radical (unpaired) electrons. The third-order valence-corrected chi connectivity index (χ3v) is 12.2. The summed E-state index contributed by atoms with van der Waals surface area (Å²) in [6.07, 6.45) is 55.9. The van der Waals surface area contributed by atoms with E-state index in [-0.39, 0.29) is 0 Å². The van der Waals surface area contributed by atoms with Crippen LogP contribution in [0.5, 0.6) is 0 Å². The van der Waals surface area contributed by atoms with E-state index in [9.17, 15) is 25.2 Å². The fourth-order valence-electron chi connectivity index (χ4n) is 8.20. The smallest absolute Gasteiger partial charge is 0.249 e. The number of rotatable bonds is 47. The van der Waals surface area contributed by atoms with Gasteiger partial charge in [0.25, 0.3) is 0 Å². The molecule has 0 aromatic rings. The van der Waals surface area contributed by atoms with Crippen LogP contribution < -0.4 is 5.32 Å². The molecule has 0 aliphatic heterocycles. The van der Waals surface area contributed by atoms with Gasteiger partial charge in [-0.2, -0.15) is 0 Å². The molecule has 0 heterocycles. The summed E-state index contributed by atoms with van der Waals surface area (Å²) in [7, 11) is 0. The normalized spacial score (nSPS) is 14.1. The zero-order valence-corrected chi connectivity index (χ0v) is 38.8. The number of amides is 1. The van der Waals surface area contributed by atoms with Gasteiger partial charge < -0.3 is 25.7 Å². The predicted molar refractivity (Wildman–Crippen MR) is 251 cm³/mol. The summed E-state index contributed by atoms with van der Waals surface area (Å²) in [5, 5.41) is 43.4. The van der Waals surface area contributed by atoms with Crippen molar-refractivity contribution in [1.29, 1.82) is 0 Å². The van der Waals surface area contributed by atoms with Gasteiger partial charge >= 0.3 is 0 Å². The van der Waals surface area contributed by atoms with Crippen LogP contribution in [0.25, 0.3) is 0 Å². The molecule has 0 aromatic carbocycles. The Hall–Kier alpha value is -1.21. The Morgan fingerprint density at radius 1 is 0.448 bits per heavy atom. The summed E-state index contributed by atoms with van der Waals surface area (Å²) in [5.74, 6) is -0.597. The Morgan fingerprint density at radius 2 is 0.776 bits per heavy atom. The highest BCUT2D eigenvalue weighted by atomic mass is 16.3. The maximum absolute atomic E-state index is 12.5. The third-order valence-electron chi connectivity index (χ3n) is 12.2. The number of aliphatic hydroxyl groups is 4. The Bertz CT molecular complexity index is 878. The molecular weight excluding hydrogens is 719 g/mol. The fraction of sp³-hybridized carbons (Fsp3) is 0.904. The van der Waals surface area contributed by atoms with Crippen molar-refractivity contribution in [1.82, 2.24) is 5.32 Å². The summed E-state index contributed by atoms with van der Waals surface area (Å²) in [6.45, 7) is 3.81. The second-order valence-electron chi connectivity index (χ2n) is 17.9. The van der Waals surface area contributed by atoms with Crippen molar-refractivity contribution in [2.75, 3.05) is 6.61 Å². The highest BCUT2D eigenvalue weighted by Crippen LogP contribution is 2.18. The number of carbonyl (C=O) groups is 1. The number of allylic oxidation sites excluding steroid dienone is 4. The van der Waals surface area contributed by atoms with Crippen molar-refractivity contribution < 1.29 is 25.2 Å². The molecule has 0 fully saturated rings. The second kappa shape index (κ2) is 46.8. The second-order valence-corrected chi connectivity index (χ2v) is 17.9. The topological polar surface area (TPSA) is 110 Å². The maximum Gasteiger partial charge on any atom is 0.249 e. The minimum absolute atomic E-state index is 0.364. The summed E-state index contributed by atoms with van der Waals surface area (Å²) < 4.78 is 0. The molecule has 0 saturated heterocycles. The lowest BCUT2D eigenvalue weighted by Crippen LogP contribution is -2.53. The zero-order valence-electron chi connectivity index (χ0n) is 38.8. The van der Waals surface area contributed by atoms with Crippen LogP contribution in [0, 0.1) is 0 Å². The number of hydrogen-bond acceptors (Lipinski definition) is 5. The van der Waals surface area contributed by atoms with E-state index in [1.165, 1.54) is 199 Å². The van der Waals surface area contributed by atoms with Gasteiger partial charge in [0.15, 0.2) is 0 Å². The van der Waals surface area contributed by atoms with Crippen molar-refractivity contribution in [3.8, 4) is 0 Å². The molecule has 0 saturated carbocycles. The van der Waals surface area contributed by atoms with Crippen LogP contribution in [0.1, 0.15) is 271 Å². The van der Waals surface area contributed by atoms with Crippen molar-refractivity contribution in [2.45, 2.75) is 295 Å².